The molecular weight excluding hydrogens is 969 g/mol. The summed E-state index contributed by atoms with van der Waals surface area (Å²) in [6, 6.07) is 0. The number of carbonyl (C=O) groups excluding carboxylic acids is 5. The molecule has 4 heterocycles. The van der Waals surface area contributed by atoms with E-state index in [0.29, 0.717) is 48.7 Å². The first-order valence-electron chi connectivity index (χ1n) is 29.1. The van der Waals surface area contributed by atoms with Gasteiger partial charge in [0, 0.05) is 35.5 Å². The Balaban J connectivity index is 0.000000400. The van der Waals surface area contributed by atoms with E-state index in [1.165, 1.54) is 6.08 Å². The maximum Gasteiger partial charge on any atom is 0.316 e. The van der Waals surface area contributed by atoms with Crippen LogP contribution in [0.2, 0.25) is 0 Å². The molecule has 0 aromatic carbocycles. The number of ketones is 3. The highest BCUT2D eigenvalue weighted by Crippen LogP contribution is 2.44. The zero-order chi connectivity index (χ0) is 58.3. The molecule has 76 heavy (non-hydrogen) atoms. The van der Waals surface area contributed by atoms with Gasteiger partial charge < -0.3 is 43.7 Å². The summed E-state index contributed by atoms with van der Waals surface area (Å²) in [5.74, 6) is -4.29. The summed E-state index contributed by atoms with van der Waals surface area (Å²) in [5.41, 5.74) is -3.24. The highest BCUT2D eigenvalue weighted by Gasteiger charge is 2.49. The first kappa shape index (κ1) is 67.4. The van der Waals surface area contributed by atoms with Crippen LogP contribution < -0.4 is 0 Å². The van der Waals surface area contributed by atoms with Crippen LogP contribution in [0.1, 0.15) is 204 Å². The number of carbonyl (C=O) groups is 5. The third-order valence-corrected chi connectivity index (χ3v) is 18.3. The number of hydrogen-bond donors (Lipinski definition) is 3. The molecule has 0 aromatic heterocycles. The molecule has 0 amide bonds. The van der Waals surface area contributed by atoms with Crippen molar-refractivity contribution in [2.24, 2.45) is 70.0 Å². The van der Waals surface area contributed by atoms with Crippen LogP contribution in [-0.4, -0.2) is 111 Å². The van der Waals surface area contributed by atoms with Crippen molar-refractivity contribution in [2.45, 2.75) is 270 Å². The van der Waals surface area contributed by atoms with Crippen LogP contribution in [0.15, 0.2) is 23.3 Å². The average molecular weight is 1080 g/mol. The van der Waals surface area contributed by atoms with Crippen LogP contribution in [0.3, 0.4) is 0 Å². The molecule has 14 nitrogen and oxygen atoms in total. The van der Waals surface area contributed by atoms with Crippen LogP contribution in [0, 0.1) is 70.0 Å². The molecule has 0 radical (unpaired) electrons. The van der Waals surface area contributed by atoms with Gasteiger partial charge >= 0.3 is 11.9 Å². The standard InChI is InChI=1S/C31H54O7.C31H52O7/c2*1-12-24-31(35,13-2)16-19(5)25(32)18(4)15-30(10,11)27(22(8)26(33)23(9)28(34)37-24)38-29-21(7)17(3)14-20(6)36-29/h16-18,20-24,26-27,29,33,35H,12-15H2,1-11H3;16-18,20-24,27,29,35H,12-15H2,1-11H3/b2*19-16+/t17-,18+,20+,21+,22-,23+,24+,26-,27+,29?,31-;17-,18+,20+,21+,22-,23+,24+,27+,29?,31-/m00/s1. The van der Waals surface area contributed by atoms with E-state index >= 15 is 0 Å². The van der Waals surface area contributed by atoms with E-state index in [-0.39, 0.29) is 66.1 Å². The fourth-order valence-electron chi connectivity index (χ4n) is 12.9. The predicted molar refractivity (Wildman–Crippen MR) is 295 cm³/mol. The summed E-state index contributed by atoms with van der Waals surface area (Å²) in [6.07, 6.45) is 2.49. The Morgan fingerprint density at radius 2 is 0.921 bits per heavy atom. The van der Waals surface area contributed by atoms with Crippen molar-refractivity contribution in [1.29, 1.82) is 0 Å². The van der Waals surface area contributed by atoms with Crippen molar-refractivity contribution >= 4 is 29.3 Å². The zero-order valence-corrected chi connectivity index (χ0v) is 51.1. The number of rotatable bonds is 8. The van der Waals surface area contributed by atoms with Gasteiger partial charge in [-0.15, -0.1) is 0 Å². The Morgan fingerprint density at radius 3 is 1.30 bits per heavy atom. The van der Waals surface area contributed by atoms with E-state index in [1.54, 1.807) is 54.5 Å². The molecular formula is C62H106O14. The third kappa shape index (κ3) is 16.2. The lowest BCUT2D eigenvalue weighted by atomic mass is 9.70. The Morgan fingerprint density at radius 1 is 0.553 bits per heavy atom. The van der Waals surface area contributed by atoms with E-state index in [1.807, 2.05) is 62.3 Å². The lowest BCUT2D eigenvalue weighted by molar-refractivity contribution is -0.273. The molecule has 0 aromatic rings. The number of hydrogen-bond acceptors (Lipinski definition) is 14. The van der Waals surface area contributed by atoms with Gasteiger partial charge in [-0.25, -0.2) is 0 Å². The van der Waals surface area contributed by atoms with E-state index in [9.17, 15) is 39.3 Å². The van der Waals surface area contributed by atoms with Gasteiger partial charge in [0.1, 0.15) is 29.3 Å². The molecule has 438 valence electrons. The number of cyclic esters (lactones) is 2. The van der Waals surface area contributed by atoms with Crippen LogP contribution in [-0.2, 0) is 52.4 Å². The Labute approximate surface area is 458 Å². The zero-order valence-electron chi connectivity index (χ0n) is 51.1. The molecule has 4 aliphatic heterocycles. The second-order valence-corrected chi connectivity index (χ2v) is 25.9. The van der Waals surface area contributed by atoms with Gasteiger partial charge in [0.15, 0.2) is 29.9 Å². The van der Waals surface area contributed by atoms with E-state index in [4.69, 9.17) is 28.4 Å². The lowest BCUT2D eigenvalue weighted by Crippen LogP contribution is -2.51. The summed E-state index contributed by atoms with van der Waals surface area (Å²) in [5, 5.41) is 34.3. The summed E-state index contributed by atoms with van der Waals surface area (Å²) in [6.45, 7) is 42.2. The highest BCUT2D eigenvalue weighted by molar-refractivity contribution is 6.00. The quantitative estimate of drug-likeness (QED) is 0.153. The van der Waals surface area contributed by atoms with Crippen molar-refractivity contribution in [2.75, 3.05) is 0 Å². The summed E-state index contributed by atoms with van der Waals surface area (Å²) >= 11 is 0. The van der Waals surface area contributed by atoms with Gasteiger partial charge in [0.05, 0.1) is 36.4 Å². The van der Waals surface area contributed by atoms with Gasteiger partial charge in [-0.1, -0.05) is 111 Å². The van der Waals surface area contributed by atoms with Gasteiger partial charge in [-0.3, -0.25) is 24.0 Å². The monoisotopic (exact) mass is 1070 g/mol. The topological polar surface area (TPSA) is 201 Å². The first-order chi connectivity index (χ1) is 35.0. The van der Waals surface area contributed by atoms with Crippen LogP contribution in [0.25, 0.3) is 0 Å². The molecule has 2 fully saturated rings. The average Bonchev–Trinajstić information content (AvgIpc) is 3.35. The van der Waals surface area contributed by atoms with Crippen molar-refractivity contribution < 1.29 is 67.7 Å². The fourth-order valence-corrected chi connectivity index (χ4v) is 12.9. The third-order valence-electron chi connectivity index (χ3n) is 18.3. The van der Waals surface area contributed by atoms with E-state index in [2.05, 4.69) is 41.5 Å². The minimum atomic E-state index is -1.51. The number of allylic oxidation sites excluding steroid dienone is 2. The van der Waals surface area contributed by atoms with Gasteiger partial charge in [0.25, 0.3) is 0 Å². The van der Waals surface area contributed by atoms with Crippen molar-refractivity contribution in [1.82, 2.24) is 0 Å². The first-order valence-corrected chi connectivity index (χ1v) is 29.1. The molecule has 21 atom stereocenters. The minimum Gasteiger partial charge on any atom is -0.459 e. The van der Waals surface area contributed by atoms with E-state index < -0.39 is 101 Å². The van der Waals surface area contributed by atoms with E-state index in [0.717, 1.165) is 12.8 Å². The molecule has 3 N–H and O–H groups in total. The largest absolute Gasteiger partial charge is 0.459 e. The van der Waals surface area contributed by atoms with Crippen molar-refractivity contribution in [3.63, 3.8) is 0 Å². The lowest BCUT2D eigenvalue weighted by Gasteiger charge is -2.46. The second-order valence-electron chi connectivity index (χ2n) is 25.9. The maximum absolute atomic E-state index is 13.7. The summed E-state index contributed by atoms with van der Waals surface area (Å²) in [7, 11) is 0. The normalized spacial score (nSPS) is 44.1. The number of esters is 2. The van der Waals surface area contributed by atoms with Crippen LogP contribution >= 0.6 is 0 Å². The molecule has 0 saturated carbocycles. The van der Waals surface area contributed by atoms with Gasteiger partial charge in [0.2, 0.25) is 0 Å². The minimum absolute atomic E-state index is 0.0318. The van der Waals surface area contributed by atoms with Crippen LogP contribution in [0.4, 0.5) is 0 Å². The number of Topliss-reactive ketones (excluding diaryl/α,β-unsaturated/α-hetero) is 3. The molecule has 2 saturated heterocycles. The summed E-state index contributed by atoms with van der Waals surface area (Å²) in [4.78, 5) is 67.2. The highest BCUT2D eigenvalue weighted by atomic mass is 16.7. The number of aliphatic hydroxyl groups excluding tert-OH is 1. The molecule has 4 rings (SSSR count). The SMILES string of the molecule is CC[C@H]1OC(=O)[C@H](C)C(=O)[C@H](C)[C@@H](OC2O[C@H](C)C[C@H](C)[C@H]2C)C(C)(C)C[C@@H](C)C(=O)/C(C)=C/[C@@]1(O)CC.CC[C@H]1OC(=O)[C@H](C)[C@@H](O)[C@H](C)[C@@H](OC2O[C@H](C)C[C@H](C)[C@H]2C)C(C)(C)C[C@@H](C)C(=O)/C(C)=C/[C@@]1(O)CC. The van der Waals surface area contributed by atoms with Crippen LogP contribution in [0.5, 0.6) is 0 Å². The Kier molecular flexibility index (Phi) is 24.4. The molecule has 4 aliphatic rings. The molecule has 2 unspecified atom stereocenters. The number of aliphatic hydroxyl groups is 3. The molecule has 0 aliphatic carbocycles. The predicted octanol–water partition coefficient (Wildman–Crippen LogP) is 11.1. The van der Waals surface area contributed by atoms with Crippen molar-refractivity contribution in [3.05, 3.63) is 23.3 Å². The van der Waals surface area contributed by atoms with Crippen molar-refractivity contribution in [3.8, 4) is 0 Å². The second kappa shape index (κ2) is 27.5. The van der Waals surface area contributed by atoms with Gasteiger partial charge in [-0.05, 0) is 139 Å². The molecule has 0 bridgehead atoms. The fraction of sp³-hybridized carbons (Fsp3) is 0.855. The molecule has 14 heteroatoms. The Hall–Kier alpha value is -2.85. The summed E-state index contributed by atoms with van der Waals surface area (Å²) < 4.78 is 37.4. The molecule has 0 spiro atoms. The smallest absolute Gasteiger partial charge is 0.316 e. The Bertz CT molecular complexity index is 2030. The van der Waals surface area contributed by atoms with Gasteiger partial charge in [-0.2, -0.15) is 0 Å². The number of ether oxygens (including phenoxy) is 6. The maximum atomic E-state index is 13.7.